The Morgan fingerprint density at radius 2 is 1.75 bits per heavy atom. The summed E-state index contributed by atoms with van der Waals surface area (Å²) < 4.78 is 7.30. The molecule has 3 rings (SSSR count). The van der Waals surface area contributed by atoms with E-state index in [-0.39, 0.29) is 12.3 Å². The lowest BCUT2D eigenvalue weighted by atomic mass is 10.1. The van der Waals surface area contributed by atoms with E-state index in [4.69, 9.17) is 4.74 Å². The van der Waals surface area contributed by atoms with Crippen molar-refractivity contribution in [3.05, 3.63) is 64.7 Å². The van der Waals surface area contributed by atoms with Gasteiger partial charge < -0.3 is 10.1 Å². The van der Waals surface area contributed by atoms with Gasteiger partial charge in [0, 0.05) is 22.6 Å². The van der Waals surface area contributed by atoms with Crippen LogP contribution in [0.3, 0.4) is 0 Å². The van der Waals surface area contributed by atoms with Crippen LogP contribution in [-0.2, 0) is 11.2 Å². The SMILES string of the molecule is Cc1cc(C)nc(-n2nc(C)c(CC(=O)NCCOc3ccccc3)c2C)n1. The van der Waals surface area contributed by atoms with Crippen LogP contribution < -0.4 is 10.1 Å². The predicted molar refractivity (Wildman–Crippen MR) is 107 cm³/mol. The maximum Gasteiger partial charge on any atom is 0.251 e. The van der Waals surface area contributed by atoms with Gasteiger partial charge in [-0.05, 0) is 45.9 Å². The lowest BCUT2D eigenvalue weighted by Crippen LogP contribution is -2.29. The minimum atomic E-state index is -0.0660. The largest absolute Gasteiger partial charge is 0.492 e. The molecule has 0 fully saturated rings. The van der Waals surface area contributed by atoms with Gasteiger partial charge in [-0.15, -0.1) is 0 Å². The highest BCUT2D eigenvalue weighted by molar-refractivity contribution is 5.79. The summed E-state index contributed by atoms with van der Waals surface area (Å²) in [6.07, 6.45) is 0.258. The molecule has 2 aromatic heterocycles. The second-order valence-corrected chi connectivity index (χ2v) is 6.70. The number of rotatable bonds is 7. The van der Waals surface area contributed by atoms with Crippen LogP contribution in [0, 0.1) is 27.7 Å². The zero-order valence-corrected chi connectivity index (χ0v) is 16.7. The average molecular weight is 379 g/mol. The fourth-order valence-corrected chi connectivity index (χ4v) is 3.03. The summed E-state index contributed by atoms with van der Waals surface area (Å²) in [6, 6.07) is 11.5. The molecule has 0 aliphatic rings. The van der Waals surface area contributed by atoms with Crippen LogP contribution in [0.1, 0.15) is 28.3 Å². The average Bonchev–Trinajstić information content (AvgIpc) is 2.93. The van der Waals surface area contributed by atoms with Crippen molar-refractivity contribution in [2.75, 3.05) is 13.2 Å². The van der Waals surface area contributed by atoms with E-state index >= 15 is 0 Å². The fourth-order valence-electron chi connectivity index (χ4n) is 3.03. The van der Waals surface area contributed by atoms with Crippen LogP contribution in [0.5, 0.6) is 5.75 Å². The molecule has 0 bridgehead atoms. The van der Waals surface area contributed by atoms with Gasteiger partial charge in [0.05, 0.1) is 18.7 Å². The molecule has 28 heavy (non-hydrogen) atoms. The fraction of sp³-hybridized carbons (Fsp3) is 0.333. The summed E-state index contributed by atoms with van der Waals surface area (Å²) in [4.78, 5) is 21.3. The van der Waals surface area contributed by atoms with Crippen molar-refractivity contribution in [1.29, 1.82) is 0 Å². The van der Waals surface area contributed by atoms with Crippen LogP contribution in [0.15, 0.2) is 36.4 Å². The third kappa shape index (κ3) is 4.73. The predicted octanol–water partition coefficient (Wildman–Crippen LogP) is 2.63. The molecule has 0 saturated heterocycles. The minimum absolute atomic E-state index is 0.0660. The normalized spacial score (nSPS) is 10.7. The van der Waals surface area contributed by atoms with Gasteiger partial charge in [0.1, 0.15) is 12.4 Å². The molecule has 2 heterocycles. The molecule has 0 atom stereocenters. The number of benzene rings is 1. The number of para-hydroxylation sites is 1. The van der Waals surface area contributed by atoms with Gasteiger partial charge in [0.15, 0.2) is 0 Å². The Bertz CT molecular complexity index is 946. The number of aromatic nitrogens is 4. The first kappa shape index (κ1) is 19.5. The number of hydrogen-bond acceptors (Lipinski definition) is 5. The Kier molecular flexibility index (Phi) is 6.03. The van der Waals surface area contributed by atoms with Gasteiger partial charge in [-0.1, -0.05) is 18.2 Å². The first-order valence-electron chi connectivity index (χ1n) is 9.26. The number of nitrogens with one attached hydrogen (secondary N) is 1. The molecule has 1 amide bonds. The molecule has 1 N–H and O–H groups in total. The van der Waals surface area contributed by atoms with Crippen molar-refractivity contribution >= 4 is 5.91 Å². The molecule has 146 valence electrons. The van der Waals surface area contributed by atoms with Gasteiger partial charge in [-0.3, -0.25) is 4.79 Å². The molecule has 0 aliphatic heterocycles. The van der Waals surface area contributed by atoms with E-state index in [2.05, 4.69) is 20.4 Å². The van der Waals surface area contributed by atoms with Gasteiger partial charge in [0.25, 0.3) is 5.95 Å². The van der Waals surface area contributed by atoms with Crippen LogP contribution >= 0.6 is 0 Å². The summed E-state index contributed by atoms with van der Waals surface area (Å²) in [5, 5.41) is 7.43. The molecule has 0 unspecified atom stereocenters. The second kappa shape index (κ2) is 8.65. The molecule has 0 radical (unpaired) electrons. The Labute approximate surface area is 164 Å². The molecule has 7 heteroatoms. The van der Waals surface area contributed by atoms with E-state index < -0.39 is 0 Å². The van der Waals surface area contributed by atoms with E-state index in [1.807, 2.05) is 64.1 Å². The lowest BCUT2D eigenvalue weighted by Gasteiger charge is -2.08. The highest BCUT2D eigenvalue weighted by atomic mass is 16.5. The Hall–Kier alpha value is -3.22. The smallest absolute Gasteiger partial charge is 0.251 e. The van der Waals surface area contributed by atoms with Crippen LogP contribution in [0.4, 0.5) is 0 Å². The summed E-state index contributed by atoms with van der Waals surface area (Å²) in [6.45, 7) is 8.55. The number of aryl methyl sites for hydroxylation is 3. The van der Waals surface area contributed by atoms with Crippen molar-refractivity contribution in [1.82, 2.24) is 25.1 Å². The van der Waals surface area contributed by atoms with Crippen LogP contribution in [0.25, 0.3) is 5.95 Å². The number of hydrogen-bond donors (Lipinski definition) is 1. The van der Waals surface area contributed by atoms with E-state index in [1.54, 1.807) is 4.68 Å². The van der Waals surface area contributed by atoms with Gasteiger partial charge in [0.2, 0.25) is 5.91 Å². The second-order valence-electron chi connectivity index (χ2n) is 6.70. The standard InChI is InChI=1S/C21H25N5O2/c1-14-12-15(2)24-21(23-14)26-17(4)19(16(3)25-26)13-20(27)22-10-11-28-18-8-6-5-7-9-18/h5-9,12H,10-11,13H2,1-4H3,(H,22,27). The number of ether oxygens (including phenoxy) is 1. The minimum Gasteiger partial charge on any atom is -0.492 e. The molecular weight excluding hydrogens is 354 g/mol. The van der Waals surface area contributed by atoms with E-state index in [0.717, 1.165) is 34.1 Å². The third-order valence-electron chi connectivity index (χ3n) is 4.37. The summed E-state index contributed by atoms with van der Waals surface area (Å²) >= 11 is 0. The van der Waals surface area contributed by atoms with Gasteiger partial charge in [-0.25, -0.2) is 14.6 Å². The topological polar surface area (TPSA) is 81.9 Å². The molecule has 1 aromatic carbocycles. The molecule has 0 aliphatic carbocycles. The van der Waals surface area contributed by atoms with Gasteiger partial charge in [-0.2, -0.15) is 5.10 Å². The number of carbonyl (C=O) groups excluding carboxylic acids is 1. The van der Waals surface area contributed by atoms with E-state index in [1.165, 1.54) is 0 Å². The lowest BCUT2D eigenvalue weighted by molar-refractivity contribution is -0.120. The molecule has 3 aromatic rings. The van der Waals surface area contributed by atoms with Crippen LogP contribution in [0.2, 0.25) is 0 Å². The zero-order valence-electron chi connectivity index (χ0n) is 16.7. The number of carbonyl (C=O) groups is 1. The highest BCUT2D eigenvalue weighted by Gasteiger charge is 2.17. The van der Waals surface area contributed by atoms with Crippen molar-refractivity contribution in [3.8, 4) is 11.7 Å². The highest BCUT2D eigenvalue weighted by Crippen LogP contribution is 2.17. The summed E-state index contributed by atoms with van der Waals surface area (Å²) in [5.74, 6) is 1.25. The Morgan fingerprint density at radius 3 is 2.43 bits per heavy atom. The quantitative estimate of drug-likeness (QED) is 0.638. The van der Waals surface area contributed by atoms with Gasteiger partial charge >= 0.3 is 0 Å². The van der Waals surface area contributed by atoms with Crippen LogP contribution in [-0.4, -0.2) is 38.8 Å². The van der Waals surface area contributed by atoms with E-state index in [9.17, 15) is 4.79 Å². The molecule has 0 spiro atoms. The first-order chi connectivity index (χ1) is 13.4. The number of nitrogens with zero attached hydrogens (tertiary/aromatic N) is 4. The molecule has 0 saturated carbocycles. The maximum absolute atomic E-state index is 12.3. The zero-order chi connectivity index (χ0) is 20.1. The van der Waals surface area contributed by atoms with E-state index in [0.29, 0.717) is 19.1 Å². The van der Waals surface area contributed by atoms with Crippen molar-refractivity contribution < 1.29 is 9.53 Å². The third-order valence-corrected chi connectivity index (χ3v) is 4.37. The summed E-state index contributed by atoms with van der Waals surface area (Å²) in [7, 11) is 0. The van der Waals surface area contributed by atoms with Crippen molar-refractivity contribution in [2.24, 2.45) is 0 Å². The Balaban J connectivity index is 1.61. The molecule has 7 nitrogen and oxygen atoms in total. The first-order valence-corrected chi connectivity index (χ1v) is 9.26. The maximum atomic E-state index is 12.3. The summed E-state index contributed by atoms with van der Waals surface area (Å²) in [5.41, 5.74) is 4.33. The van der Waals surface area contributed by atoms with Crippen molar-refractivity contribution in [3.63, 3.8) is 0 Å². The van der Waals surface area contributed by atoms with Crippen molar-refractivity contribution in [2.45, 2.75) is 34.1 Å². The number of amides is 1. The Morgan fingerprint density at radius 1 is 1.07 bits per heavy atom. The molecular formula is C21H25N5O2. The monoisotopic (exact) mass is 379 g/mol.